The second kappa shape index (κ2) is 4.62. The van der Waals surface area contributed by atoms with Gasteiger partial charge in [-0.3, -0.25) is 9.59 Å². The summed E-state index contributed by atoms with van der Waals surface area (Å²) in [5, 5.41) is 2.43. The van der Waals surface area contributed by atoms with E-state index in [4.69, 9.17) is 5.73 Å². The van der Waals surface area contributed by atoms with Gasteiger partial charge in [0.05, 0.1) is 5.56 Å². The third-order valence-corrected chi connectivity index (χ3v) is 2.78. The Morgan fingerprint density at radius 2 is 1.80 bits per heavy atom. The van der Waals surface area contributed by atoms with Gasteiger partial charge in [-0.1, -0.05) is 6.07 Å². The zero-order chi connectivity index (χ0) is 15.1. The summed E-state index contributed by atoms with van der Waals surface area (Å²) in [5.41, 5.74) is 2.00. The van der Waals surface area contributed by atoms with Gasteiger partial charge in [0.25, 0.3) is 10.9 Å². The number of nitrogen functional groups attached to an aromatic ring is 1. The third kappa shape index (κ3) is 2.36. The molecule has 0 fully saturated rings. The number of anilines is 2. The monoisotopic (exact) mass is 288 g/mol. The predicted octanol–water partition coefficient (Wildman–Crippen LogP) is 1.63. The lowest BCUT2D eigenvalue weighted by molar-refractivity contribution is -0.137. The maximum absolute atomic E-state index is 13.5. The Labute approximate surface area is 109 Å². The van der Waals surface area contributed by atoms with Gasteiger partial charge in [0.2, 0.25) is 0 Å². The Hall–Kier alpha value is -2.38. The second-order valence-corrected chi connectivity index (χ2v) is 4.10. The van der Waals surface area contributed by atoms with Gasteiger partial charge in [-0.25, -0.2) is 4.39 Å². The van der Waals surface area contributed by atoms with Crippen molar-refractivity contribution in [3.05, 3.63) is 55.6 Å². The molecule has 0 spiro atoms. The minimum Gasteiger partial charge on any atom is -0.394 e. The van der Waals surface area contributed by atoms with E-state index in [1.165, 1.54) is 0 Å². The molecule has 0 aliphatic carbocycles. The van der Waals surface area contributed by atoms with E-state index in [0.717, 1.165) is 12.1 Å². The third-order valence-electron chi connectivity index (χ3n) is 2.78. The molecule has 0 bridgehead atoms. The van der Waals surface area contributed by atoms with Crippen molar-refractivity contribution < 1.29 is 17.6 Å². The highest BCUT2D eigenvalue weighted by Crippen LogP contribution is 2.30. The van der Waals surface area contributed by atoms with Gasteiger partial charge in [-0.05, 0) is 12.1 Å². The topological polar surface area (TPSA) is 72.2 Å². The van der Waals surface area contributed by atoms with Gasteiger partial charge in [0, 0.05) is 12.1 Å². The van der Waals surface area contributed by atoms with Crippen molar-refractivity contribution in [1.82, 2.24) is 0 Å². The van der Waals surface area contributed by atoms with Crippen molar-refractivity contribution in [1.29, 1.82) is 0 Å². The number of rotatable bonds is 3. The minimum atomic E-state index is -4.63. The summed E-state index contributed by atoms with van der Waals surface area (Å²) in [4.78, 5) is 21.9. The first-order valence-electron chi connectivity index (χ1n) is 5.40. The van der Waals surface area contributed by atoms with E-state index in [2.05, 4.69) is 5.32 Å². The standard InChI is InChI=1S/C12H8F4N2O2/c13-7-3-6(12(14,15)16)2-1-5(7)4-18-9-8(17)10(19)11(9)20/h1-3,18H,4,17H2. The van der Waals surface area contributed by atoms with Crippen LogP contribution in [0, 0.1) is 5.82 Å². The van der Waals surface area contributed by atoms with Gasteiger partial charge in [0.15, 0.2) is 0 Å². The van der Waals surface area contributed by atoms with Gasteiger partial charge in [0.1, 0.15) is 17.2 Å². The highest BCUT2D eigenvalue weighted by molar-refractivity contribution is 5.71. The smallest absolute Gasteiger partial charge is 0.394 e. The van der Waals surface area contributed by atoms with Gasteiger partial charge in [-0.15, -0.1) is 0 Å². The molecular formula is C12H8F4N2O2. The first kappa shape index (κ1) is 14.0. The maximum Gasteiger partial charge on any atom is 0.416 e. The molecule has 4 nitrogen and oxygen atoms in total. The van der Waals surface area contributed by atoms with Gasteiger partial charge >= 0.3 is 6.18 Å². The molecule has 0 aliphatic heterocycles. The zero-order valence-electron chi connectivity index (χ0n) is 9.84. The molecule has 8 heteroatoms. The molecule has 0 amide bonds. The fourth-order valence-electron chi connectivity index (χ4n) is 1.64. The maximum atomic E-state index is 13.5. The summed E-state index contributed by atoms with van der Waals surface area (Å²) >= 11 is 0. The molecule has 2 rings (SSSR count). The normalized spacial score (nSPS) is 11.8. The molecule has 106 valence electrons. The van der Waals surface area contributed by atoms with Crippen molar-refractivity contribution in [3.63, 3.8) is 0 Å². The van der Waals surface area contributed by atoms with E-state index in [1.54, 1.807) is 0 Å². The average Bonchev–Trinajstić information content (AvgIpc) is 2.38. The van der Waals surface area contributed by atoms with Gasteiger partial charge in [-0.2, -0.15) is 13.2 Å². The fraction of sp³-hybridized carbons (Fsp3) is 0.167. The van der Waals surface area contributed by atoms with Crippen molar-refractivity contribution in [2.45, 2.75) is 12.7 Å². The minimum absolute atomic E-state index is 0.0783. The van der Waals surface area contributed by atoms with Crippen LogP contribution in [0.2, 0.25) is 0 Å². The first-order chi connectivity index (χ1) is 9.21. The number of benzene rings is 1. The lowest BCUT2D eigenvalue weighted by atomic mass is 10.1. The van der Waals surface area contributed by atoms with Crippen LogP contribution in [0.25, 0.3) is 0 Å². The van der Waals surface area contributed by atoms with Crippen LogP contribution in [-0.2, 0) is 12.7 Å². The van der Waals surface area contributed by atoms with Crippen molar-refractivity contribution >= 4 is 11.4 Å². The summed E-state index contributed by atoms with van der Waals surface area (Å²) in [6, 6.07) is 2.04. The van der Waals surface area contributed by atoms with E-state index in [0.29, 0.717) is 6.07 Å². The van der Waals surface area contributed by atoms with Crippen LogP contribution in [0.4, 0.5) is 28.9 Å². The van der Waals surface area contributed by atoms with Crippen LogP contribution in [0.5, 0.6) is 0 Å². The molecule has 2 aromatic rings. The average molecular weight is 288 g/mol. The molecule has 0 unspecified atom stereocenters. The van der Waals surface area contributed by atoms with Crippen LogP contribution in [0.15, 0.2) is 27.8 Å². The zero-order valence-corrected chi connectivity index (χ0v) is 9.84. The molecule has 0 atom stereocenters. The van der Waals surface area contributed by atoms with Crippen molar-refractivity contribution in [2.24, 2.45) is 0 Å². The number of hydrogen-bond acceptors (Lipinski definition) is 4. The number of nitrogens with one attached hydrogen (secondary N) is 1. The Morgan fingerprint density at radius 1 is 1.15 bits per heavy atom. The number of hydrogen-bond donors (Lipinski definition) is 2. The van der Waals surface area contributed by atoms with Crippen LogP contribution in [-0.4, -0.2) is 0 Å². The van der Waals surface area contributed by atoms with E-state index in [1.807, 2.05) is 0 Å². The van der Waals surface area contributed by atoms with E-state index >= 15 is 0 Å². The van der Waals surface area contributed by atoms with Crippen LogP contribution >= 0.6 is 0 Å². The van der Waals surface area contributed by atoms with Gasteiger partial charge < -0.3 is 11.1 Å². The molecule has 0 aromatic heterocycles. The van der Waals surface area contributed by atoms with E-state index < -0.39 is 28.4 Å². The van der Waals surface area contributed by atoms with E-state index in [9.17, 15) is 27.2 Å². The number of halogens is 4. The molecule has 0 saturated carbocycles. The summed E-state index contributed by atoms with van der Waals surface area (Å²) < 4.78 is 50.5. The molecular weight excluding hydrogens is 280 g/mol. The molecule has 20 heavy (non-hydrogen) atoms. The quantitative estimate of drug-likeness (QED) is 0.665. The first-order valence-corrected chi connectivity index (χ1v) is 5.40. The Balaban J connectivity index is 2.16. The van der Waals surface area contributed by atoms with Crippen LogP contribution in [0.3, 0.4) is 0 Å². The highest BCUT2D eigenvalue weighted by atomic mass is 19.4. The summed E-state index contributed by atoms with van der Waals surface area (Å²) in [6.07, 6.45) is -4.63. The summed E-state index contributed by atoms with van der Waals surface area (Å²) in [7, 11) is 0. The SMILES string of the molecule is Nc1c(NCc2ccc(C(F)(F)F)cc2F)c(=O)c1=O. The molecule has 0 saturated heterocycles. The van der Waals surface area contributed by atoms with E-state index in [-0.39, 0.29) is 23.5 Å². The second-order valence-electron chi connectivity index (χ2n) is 4.10. The van der Waals surface area contributed by atoms with Crippen LogP contribution < -0.4 is 21.9 Å². The summed E-state index contributed by atoms with van der Waals surface area (Å²) in [5.74, 6) is -1.07. The number of nitrogens with two attached hydrogens (primary N) is 1. The molecule has 2 aromatic carbocycles. The lowest BCUT2D eigenvalue weighted by Crippen LogP contribution is -2.36. The number of alkyl halides is 3. The molecule has 3 N–H and O–H groups in total. The predicted molar refractivity (Wildman–Crippen MR) is 64.5 cm³/mol. The molecule has 0 heterocycles. The van der Waals surface area contributed by atoms with Crippen molar-refractivity contribution in [2.75, 3.05) is 11.1 Å². The highest BCUT2D eigenvalue weighted by Gasteiger charge is 2.31. The summed E-state index contributed by atoms with van der Waals surface area (Å²) in [6.45, 7) is -0.251. The Kier molecular flexibility index (Phi) is 3.24. The van der Waals surface area contributed by atoms with Crippen molar-refractivity contribution in [3.8, 4) is 0 Å². The lowest BCUT2D eigenvalue weighted by Gasteiger charge is -2.12. The Morgan fingerprint density at radius 3 is 2.30 bits per heavy atom. The largest absolute Gasteiger partial charge is 0.416 e. The molecule has 0 aliphatic rings. The Bertz CT molecular complexity index is 730. The van der Waals surface area contributed by atoms with Crippen LogP contribution in [0.1, 0.15) is 11.1 Å². The fourth-order valence-corrected chi connectivity index (χ4v) is 1.64. The molecule has 0 radical (unpaired) electrons.